The fourth-order valence-electron chi connectivity index (χ4n) is 14.2. The summed E-state index contributed by atoms with van der Waals surface area (Å²) >= 11 is 6.65. The van der Waals surface area contributed by atoms with Crippen LogP contribution in [0.3, 0.4) is 0 Å². The van der Waals surface area contributed by atoms with Gasteiger partial charge in [-0.3, -0.25) is 39.3 Å². The van der Waals surface area contributed by atoms with Gasteiger partial charge in [-0.1, -0.05) is 99.9 Å². The van der Waals surface area contributed by atoms with Crippen LogP contribution in [-0.2, 0) is 91.7 Å². The monoisotopic (exact) mass is 1290 g/mol. The summed E-state index contributed by atoms with van der Waals surface area (Å²) in [5.74, 6) is -0.788. The van der Waals surface area contributed by atoms with Crippen molar-refractivity contribution >= 4 is 40.3 Å². The summed E-state index contributed by atoms with van der Waals surface area (Å²) in [7, 11) is 0. The molecule has 13 rings (SSSR count). The molecule has 4 aliphatic rings. The van der Waals surface area contributed by atoms with Gasteiger partial charge in [0, 0.05) is 105 Å². The molecule has 9 aromatic rings. The molecule has 95 heavy (non-hydrogen) atoms. The lowest BCUT2D eigenvalue weighted by Crippen LogP contribution is -2.46. The number of amides is 1. The van der Waals surface area contributed by atoms with E-state index in [2.05, 4.69) is 34.1 Å². The molecule has 484 valence electrons. The maximum atomic E-state index is 16.0. The molecule has 0 bridgehead atoms. The number of nitrogens with zero attached hydrogens (tertiary/aromatic N) is 9. The molecular weight excluding hydrogens is 1210 g/mol. The number of benzene rings is 3. The van der Waals surface area contributed by atoms with Gasteiger partial charge in [-0.2, -0.15) is 0 Å². The van der Waals surface area contributed by atoms with Gasteiger partial charge in [-0.05, 0) is 146 Å². The number of hydrogen-bond donors (Lipinski definition) is 2. The zero-order chi connectivity index (χ0) is 65.6. The number of pyridine rings is 6. The van der Waals surface area contributed by atoms with Gasteiger partial charge in [0.15, 0.2) is 5.60 Å². The predicted molar refractivity (Wildman–Crippen MR) is 362 cm³/mol. The lowest BCUT2D eigenvalue weighted by Gasteiger charge is -2.42. The molecular formula is C77H76ClN9O8. The molecule has 3 aromatic carbocycles. The van der Waals surface area contributed by atoms with Crippen LogP contribution < -0.4 is 10.3 Å². The average Bonchev–Trinajstić information content (AvgIpc) is 1.53. The van der Waals surface area contributed by atoms with Crippen molar-refractivity contribution in [2.75, 3.05) is 6.54 Å². The molecule has 1 fully saturated rings. The van der Waals surface area contributed by atoms with Gasteiger partial charge in [-0.25, -0.2) is 14.6 Å². The van der Waals surface area contributed by atoms with Crippen LogP contribution in [0.15, 0.2) is 187 Å². The number of carbonyl (C=O) groups is 3. The maximum absolute atomic E-state index is 16.0. The lowest BCUT2D eigenvalue weighted by molar-refractivity contribution is -0.172. The summed E-state index contributed by atoms with van der Waals surface area (Å²) in [6.45, 7) is 7.08. The SMILES string of the molecule is CCc1c2c(nc3ccc(OC(=O)c4ccc(CN(CCc5cc(CN(Cc6ccccn6)Cc6ccccn6)c(O)c(CN(Cc6ccccn6)Cc6ccccn6)c5)C(=O)C5(C6=CCC(Cl)C=C6)CCCCC5)cc4)cc13)-c1cc3c(c(=O)n1C2)COC(=O)[C@]3(O)CC. The molecule has 1 saturated carbocycles. The Morgan fingerprint density at radius 2 is 1.31 bits per heavy atom. The number of halogens is 1. The van der Waals surface area contributed by atoms with Gasteiger partial charge < -0.3 is 29.2 Å². The van der Waals surface area contributed by atoms with Crippen molar-refractivity contribution in [1.82, 2.24) is 44.2 Å². The van der Waals surface area contributed by atoms with E-state index in [1.807, 2.05) is 109 Å². The Bertz CT molecular complexity index is 4240. The predicted octanol–water partition coefficient (Wildman–Crippen LogP) is 12.6. The standard InChI is InChI=1S/C77H76ClN9O8/c1-3-63-64-40-62(28-29-68(64)83-70-65(63)49-87-69(70)41-67-66(72(87)89)50-94-75(92)77(67,93)4-2)95-73(90)53-22-20-51(21-23-53)42-86(74(91)76(31-10-5-11-32-76)56-24-26-57(78)27-25-56)37-30-52-38-54(43-84(45-58-16-6-12-33-79-58)46-59-17-7-13-34-80-59)71(88)55(39-52)44-85(47-60-18-8-14-35-81-60)48-61-19-9-15-36-82-61/h6-9,12-26,28-29,33-36,38-41,57,88,93H,3-5,10-11,27,30-32,37,42-50H2,1-2H3/t57?,77-/m0/s1. The van der Waals surface area contributed by atoms with Crippen LogP contribution in [0.2, 0.25) is 0 Å². The largest absolute Gasteiger partial charge is 0.507 e. The number of aryl methyl sites for hydroxylation is 1. The summed E-state index contributed by atoms with van der Waals surface area (Å²) in [5.41, 5.74) is 9.10. The van der Waals surface area contributed by atoms with Crippen LogP contribution in [0.5, 0.6) is 11.5 Å². The Morgan fingerprint density at radius 3 is 1.84 bits per heavy atom. The minimum absolute atomic E-state index is 0.0404. The highest BCUT2D eigenvalue weighted by molar-refractivity contribution is 6.22. The molecule has 8 heterocycles. The Labute approximate surface area is 557 Å². The number of aliphatic hydroxyl groups is 1. The Hall–Kier alpha value is -9.52. The van der Waals surface area contributed by atoms with Gasteiger partial charge in [0.25, 0.3) is 5.56 Å². The quantitative estimate of drug-likeness (QED) is 0.0347. The van der Waals surface area contributed by atoms with Crippen molar-refractivity contribution in [2.24, 2.45) is 5.41 Å². The number of rotatable bonds is 23. The number of phenols is 1. The Balaban J connectivity index is 0.803. The molecule has 0 radical (unpaired) electrons. The van der Waals surface area contributed by atoms with Crippen molar-refractivity contribution in [1.29, 1.82) is 0 Å². The first kappa shape index (κ1) is 64.2. The third-order valence-electron chi connectivity index (χ3n) is 19.1. The van der Waals surface area contributed by atoms with Gasteiger partial charge in [0.1, 0.15) is 18.1 Å². The second kappa shape index (κ2) is 28.2. The van der Waals surface area contributed by atoms with Gasteiger partial charge in [-0.15, -0.1) is 11.6 Å². The second-order valence-electron chi connectivity index (χ2n) is 25.4. The van der Waals surface area contributed by atoms with E-state index < -0.39 is 23.0 Å². The number of aromatic hydroxyl groups is 1. The normalized spacial score (nSPS) is 17.1. The number of hydrogen-bond acceptors (Lipinski definition) is 15. The number of ether oxygens (including phenoxy) is 2. The summed E-state index contributed by atoms with van der Waals surface area (Å²) in [6, 6.07) is 42.0. The van der Waals surface area contributed by atoms with E-state index in [4.69, 9.17) is 46.0 Å². The van der Waals surface area contributed by atoms with Crippen LogP contribution in [0.4, 0.5) is 0 Å². The van der Waals surface area contributed by atoms with E-state index in [0.717, 1.165) is 86.4 Å². The fraction of sp³-hybridized carbons (Fsp3) is 0.312. The van der Waals surface area contributed by atoms with Crippen LogP contribution in [0, 0.1) is 5.41 Å². The number of phenolic OH excluding ortho intramolecular Hbond substituents is 1. The average molecular weight is 1290 g/mol. The summed E-state index contributed by atoms with van der Waals surface area (Å²) in [5, 5.41) is 24.7. The molecule has 2 aliphatic carbocycles. The van der Waals surface area contributed by atoms with E-state index in [1.165, 1.54) is 0 Å². The molecule has 2 atom stereocenters. The van der Waals surface area contributed by atoms with Crippen molar-refractivity contribution < 1.29 is 34.1 Å². The Morgan fingerprint density at radius 1 is 0.705 bits per heavy atom. The van der Waals surface area contributed by atoms with E-state index in [0.29, 0.717) is 106 Å². The number of esters is 2. The minimum atomic E-state index is -1.94. The molecule has 1 unspecified atom stereocenters. The lowest BCUT2D eigenvalue weighted by atomic mass is 9.67. The van der Waals surface area contributed by atoms with Gasteiger partial charge in [0.05, 0.1) is 68.1 Å². The highest BCUT2D eigenvalue weighted by Crippen LogP contribution is 2.47. The van der Waals surface area contributed by atoms with Crippen molar-refractivity contribution in [3.05, 3.63) is 265 Å². The third kappa shape index (κ3) is 13.7. The van der Waals surface area contributed by atoms with Crippen LogP contribution in [0.1, 0.15) is 136 Å². The van der Waals surface area contributed by atoms with Crippen molar-refractivity contribution in [2.45, 2.75) is 142 Å². The van der Waals surface area contributed by atoms with Crippen molar-refractivity contribution in [3.63, 3.8) is 0 Å². The molecule has 17 nitrogen and oxygen atoms in total. The number of fused-ring (bicyclic) bond motifs is 5. The third-order valence-corrected chi connectivity index (χ3v) is 19.5. The van der Waals surface area contributed by atoms with Crippen LogP contribution in [0.25, 0.3) is 22.3 Å². The first-order valence-electron chi connectivity index (χ1n) is 32.9. The van der Waals surface area contributed by atoms with E-state index >= 15 is 4.79 Å². The van der Waals surface area contributed by atoms with Crippen molar-refractivity contribution in [3.8, 4) is 22.9 Å². The van der Waals surface area contributed by atoms with E-state index in [9.17, 15) is 24.6 Å². The molecule has 1 amide bonds. The highest BCUT2D eigenvalue weighted by atomic mass is 35.5. The first-order valence-corrected chi connectivity index (χ1v) is 33.3. The zero-order valence-corrected chi connectivity index (χ0v) is 54.3. The van der Waals surface area contributed by atoms with Gasteiger partial charge >= 0.3 is 11.9 Å². The molecule has 0 saturated heterocycles. The van der Waals surface area contributed by atoms with E-state index in [-0.39, 0.29) is 59.8 Å². The van der Waals surface area contributed by atoms with E-state index in [1.54, 1.807) is 66.6 Å². The molecule has 6 aromatic heterocycles. The maximum Gasteiger partial charge on any atom is 0.343 e. The second-order valence-corrected chi connectivity index (χ2v) is 25.9. The Kier molecular flexibility index (Phi) is 19.1. The number of alkyl halides is 1. The van der Waals surface area contributed by atoms with Crippen LogP contribution in [-0.4, -0.2) is 84.2 Å². The molecule has 0 spiro atoms. The summed E-state index contributed by atoms with van der Waals surface area (Å²) in [6.07, 6.45) is 19.4. The first-order chi connectivity index (χ1) is 46.2. The van der Waals surface area contributed by atoms with Gasteiger partial charge in [0.2, 0.25) is 5.91 Å². The smallest absolute Gasteiger partial charge is 0.343 e. The number of allylic oxidation sites excluding steroid dienone is 3. The topological polar surface area (TPSA) is 206 Å². The summed E-state index contributed by atoms with van der Waals surface area (Å²) < 4.78 is 13.0. The number of cyclic esters (lactones) is 1. The van der Waals surface area contributed by atoms with Crippen LogP contribution >= 0.6 is 11.6 Å². The number of aromatic nitrogens is 6. The molecule has 18 heteroatoms. The molecule has 2 aliphatic heterocycles. The highest BCUT2D eigenvalue weighted by Gasteiger charge is 2.47. The minimum Gasteiger partial charge on any atom is -0.507 e. The molecule has 2 N–H and O–H groups in total. The number of carbonyl (C=O) groups excluding carboxylic acids is 3. The summed E-state index contributed by atoms with van der Waals surface area (Å²) in [4.78, 5) is 87.3. The zero-order valence-electron chi connectivity index (χ0n) is 53.5. The fourth-order valence-corrected chi connectivity index (χ4v) is 14.4.